The minimum atomic E-state index is 0.420. The molecule has 4 heteroatoms. The molecular formula is C14H10N4. The largest absolute Gasteiger partial charge is 0.382 e. The van der Waals surface area contributed by atoms with E-state index in [9.17, 15) is 0 Å². The number of hydrogen-bond acceptors (Lipinski definition) is 3. The Kier molecular flexibility index (Phi) is 2.24. The van der Waals surface area contributed by atoms with Gasteiger partial charge in [0.1, 0.15) is 11.3 Å². The Morgan fingerprint density at radius 1 is 1.28 bits per heavy atom. The van der Waals surface area contributed by atoms with Crippen molar-refractivity contribution < 1.29 is 0 Å². The minimum Gasteiger partial charge on any atom is -0.382 e. The van der Waals surface area contributed by atoms with Gasteiger partial charge in [0, 0.05) is 17.3 Å². The summed E-state index contributed by atoms with van der Waals surface area (Å²) in [6.45, 7) is 0. The number of nitrogens with one attached hydrogen (secondary N) is 1. The van der Waals surface area contributed by atoms with E-state index in [0.29, 0.717) is 11.3 Å². The smallest absolute Gasteiger partial charge is 0.151 e. The molecule has 3 aromatic rings. The fourth-order valence-electron chi connectivity index (χ4n) is 1.85. The number of pyridine rings is 1. The van der Waals surface area contributed by atoms with Crippen molar-refractivity contribution in [1.29, 1.82) is 0 Å². The number of nitrogens with zero attached hydrogens (tertiary/aromatic N) is 2. The van der Waals surface area contributed by atoms with Gasteiger partial charge in [0.05, 0.1) is 5.52 Å². The summed E-state index contributed by atoms with van der Waals surface area (Å²) in [6, 6.07) is 9.47. The fourth-order valence-corrected chi connectivity index (χ4v) is 1.85. The molecule has 0 saturated heterocycles. The minimum absolute atomic E-state index is 0.420. The van der Waals surface area contributed by atoms with Crippen molar-refractivity contribution in [3.63, 3.8) is 0 Å². The maximum atomic E-state index is 5.78. The predicted octanol–water partition coefficient (Wildman–Crippen LogP) is 2.19. The van der Waals surface area contributed by atoms with E-state index in [4.69, 9.17) is 12.2 Å². The standard InChI is InChI=1S/C14H10N4/c1-2-9-4-3-5-10(8-9)14-17-11-6-7-16-13(15)12(11)18-14/h1,3-8H,(H2,15,16)(H,17,18). The zero-order valence-electron chi connectivity index (χ0n) is 9.51. The lowest BCUT2D eigenvalue weighted by Crippen LogP contribution is -1.89. The molecule has 0 saturated carbocycles. The summed E-state index contributed by atoms with van der Waals surface area (Å²) in [5, 5.41) is 0. The Balaban J connectivity index is 2.20. The Hall–Kier alpha value is -2.80. The first-order valence-corrected chi connectivity index (χ1v) is 5.45. The number of H-pyrrole nitrogens is 1. The van der Waals surface area contributed by atoms with E-state index in [0.717, 1.165) is 22.5 Å². The van der Waals surface area contributed by atoms with Gasteiger partial charge in [-0.1, -0.05) is 18.1 Å². The molecule has 18 heavy (non-hydrogen) atoms. The van der Waals surface area contributed by atoms with Gasteiger partial charge in [0.25, 0.3) is 0 Å². The first-order chi connectivity index (χ1) is 8.78. The van der Waals surface area contributed by atoms with E-state index in [1.54, 1.807) is 6.20 Å². The van der Waals surface area contributed by atoms with Gasteiger partial charge in [-0.3, -0.25) is 0 Å². The molecule has 86 valence electrons. The highest BCUT2D eigenvalue weighted by Gasteiger charge is 2.08. The Bertz CT molecular complexity index is 765. The number of benzene rings is 1. The first-order valence-electron chi connectivity index (χ1n) is 5.45. The number of nitrogen functional groups attached to an aromatic ring is 1. The lowest BCUT2D eigenvalue weighted by atomic mass is 10.1. The normalized spacial score (nSPS) is 10.4. The second-order valence-electron chi connectivity index (χ2n) is 3.90. The van der Waals surface area contributed by atoms with E-state index >= 15 is 0 Å². The molecule has 0 amide bonds. The number of fused-ring (bicyclic) bond motifs is 1. The SMILES string of the molecule is C#Cc1cccc(-c2nc3c(N)nccc3[nH]2)c1. The van der Waals surface area contributed by atoms with Crippen LogP contribution in [0.4, 0.5) is 5.82 Å². The molecular weight excluding hydrogens is 224 g/mol. The lowest BCUT2D eigenvalue weighted by molar-refractivity contribution is 1.33. The van der Waals surface area contributed by atoms with E-state index in [-0.39, 0.29) is 0 Å². The zero-order valence-corrected chi connectivity index (χ0v) is 9.51. The van der Waals surface area contributed by atoms with Gasteiger partial charge in [-0.2, -0.15) is 0 Å². The van der Waals surface area contributed by atoms with Crippen molar-refractivity contribution >= 4 is 16.9 Å². The van der Waals surface area contributed by atoms with Crippen LogP contribution in [0.5, 0.6) is 0 Å². The van der Waals surface area contributed by atoms with Gasteiger partial charge in [-0.25, -0.2) is 9.97 Å². The third kappa shape index (κ3) is 1.59. The molecule has 0 aliphatic carbocycles. The van der Waals surface area contributed by atoms with Crippen LogP contribution in [0.1, 0.15) is 5.56 Å². The Morgan fingerprint density at radius 2 is 2.17 bits per heavy atom. The van der Waals surface area contributed by atoms with Crippen LogP contribution in [-0.2, 0) is 0 Å². The van der Waals surface area contributed by atoms with E-state index < -0.39 is 0 Å². The number of aromatic amines is 1. The highest BCUT2D eigenvalue weighted by Crippen LogP contribution is 2.23. The molecule has 3 N–H and O–H groups in total. The average molecular weight is 234 g/mol. The summed E-state index contributed by atoms with van der Waals surface area (Å²) < 4.78 is 0. The molecule has 2 heterocycles. The van der Waals surface area contributed by atoms with E-state index in [1.165, 1.54) is 0 Å². The summed E-state index contributed by atoms with van der Waals surface area (Å²) in [5.74, 6) is 3.76. The molecule has 0 spiro atoms. The van der Waals surface area contributed by atoms with Gasteiger partial charge >= 0.3 is 0 Å². The number of aromatic nitrogens is 3. The van der Waals surface area contributed by atoms with Gasteiger partial charge < -0.3 is 10.7 Å². The van der Waals surface area contributed by atoms with Crippen LogP contribution < -0.4 is 5.73 Å². The Labute approximate surface area is 104 Å². The third-order valence-corrected chi connectivity index (χ3v) is 2.73. The quantitative estimate of drug-likeness (QED) is 0.634. The number of anilines is 1. The van der Waals surface area contributed by atoms with Crippen LogP contribution in [0.15, 0.2) is 36.5 Å². The topological polar surface area (TPSA) is 67.6 Å². The van der Waals surface area contributed by atoms with Crippen LogP contribution in [0.25, 0.3) is 22.4 Å². The van der Waals surface area contributed by atoms with Crippen LogP contribution in [0.3, 0.4) is 0 Å². The molecule has 0 fully saturated rings. The number of hydrogen-bond donors (Lipinski definition) is 2. The number of rotatable bonds is 1. The van der Waals surface area contributed by atoms with Gasteiger partial charge in [-0.05, 0) is 18.2 Å². The van der Waals surface area contributed by atoms with E-state index in [2.05, 4.69) is 20.9 Å². The molecule has 0 aliphatic heterocycles. The van der Waals surface area contributed by atoms with Gasteiger partial charge in [0.15, 0.2) is 5.82 Å². The van der Waals surface area contributed by atoms with Crippen molar-refractivity contribution in [1.82, 2.24) is 15.0 Å². The number of nitrogens with two attached hydrogens (primary N) is 1. The maximum Gasteiger partial charge on any atom is 0.151 e. The van der Waals surface area contributed by atoms with Crippen molar-refractivity contribution in [3.05, 3.63) is 42.1 Å². The van der Waals surface area contributed by atoms with Crippen molar-refractivity contribution in [2.75, 3.05) is 5.73 Å². The molecule has 1 aromatic carbocycles. The molecule has 0 atom stereocenters. The zero-order chi connectivity index (χ0) is 12.5. The van der Waals surface area contributed by atoms with E-state index in [1.807, 2.05) is 30.3 Å². The lowest BCUT2D eigenvalue weighted by Gasteiger charge is -1.96. The highest BCUT2D eigenvalue weighted by molar-refractivity contribution is 5.87. The molecule has 0 radical (unpaired) electrons. The number of terminal acetylenes is 1. The number of imidazole rings is 1. The Morgan fingerprint density at radius 3 is 2.94 bits per heavy atom. The monoisotopic (exact) mass is 234 g/mol. The molecule has 0 aliphatic rings. The summed E-state index contributed by atoms with van der Waals surface area (Å²) >= 11 is 0. The molecule has 2 aromatic heterocycles. The van der Waals surface area contributed by atoms with Crippen molar-refractivity contribution in [2.45, 2.75) is 0 Å². The second-order valence-corrected chi connectivity index (χ2v) is 3.90. The highest BCUT2D eigenvalue weighted by atomic mass is 15.0. The maximum absolute atomic E-state index is 5.78. The molecule has 4 nitrogen and oxygen atoms in total. The summed E-state index contributed by atoms with van der Waals surface area (Å²) in [6.07, 6.45) is 7.04. The molecule has 0 unspecified atom stereocenters. The molecule has 0 bridgehead atoms. The summed E-state index contributed by atoms with van der Waals surface area (Å²) in [7, 11) is 0. The summed E-state index contributed by atoms with van der Waals surface area (Å²) in [5.41, 5.74) is 9.07. The fraction of sp³-hybridized carbons (Fsp3) is 0. The predicted molar refractivity (Wildman–Crippen MR) is 71.7 cm³/mol. The summed E-state index contributed by atoms with van der Waals surface area (Å²) in [4.78, 5) is 11.7. The second kappa shape index (κ2) is 3.90. The van der Waals surface area contributed by atoms with Gasteiger partial charge in [0.2, 0.25) is 0 Å². The van der Waals surface area contributed by atoms with Crippen LogP contribution in [-0.4, -0.2) is 15.0 Å². The van der Waals surface area contributed by atoms with Crippen LogP contribution >= 0.6 is 0 Å². The van der Waals surface area contributed by atoms with Crippen LogP contribution in [0.2, 0.25) is 0 Å². The van der Waals surface area contributed by atoms with Crippen molar-refractivity contribution in [3.8, 4) is 23.7 Å². The molecule has 3 rings (SSSR count). The average Bonchev–Trinajstić information content (AvgIpc) is 2.84. The first kappa shape index (κ1) is 10.4. The van der Waals surface area contributed by atoms with Crippen LogP contribution in [0, 0.1) is 12.3 Å². The van der Waals surface area contributed by atoms with Gasteiger partial charge in [-0.15, -0.1) is 6.42 Å². The third-order valence-electron chi connectivity index (χ3n) is 2.73. The van der Waals surface area contributed by atoms with Crippen molar-refractivity contribution in [2.24, 2.45) is 0 Å².